The van der Waals surface area contributed by atoms with E-state index in [1.54, 1.807) is 6.08 Å². The summed E-state index contributed by atoms with van der Waals surface area (Å²) >= 11 is 0. The fraction of sp³-hybridized carbons (Fsp3) is 0.891. The molecule has 1 rings (SSSR count). The largest absolute Gasteiger partial charge is 0.394 e. The summed E-state index contributed by atoms with van der Waals surface area (Å²) in [5, 5.41) is 54.1. The summed E-state index contributed by atoms with van der Waals surface area (Å²) in [6.07, 6.45) is 36.6. The first-order valence-corrected chi connectivity index (χ1v) is 23.1. The van der Waals surface area contributed by atoms with Crippen LogP contribution in [0.3, 0.4) is 0 Å². The molecule has 9 nitrogen and oxygen atoms in total. The topological polar surface area (TPSA) is 149 Å². The SMILES string of the molecule is CCCC/C=C\CCCCCCCC(=O)NC(COC1OC(CO)C(O)C(O)C1O)C(O)/C=C/CCCCCCCCCCCCCCCCCCCCC. The summed E-state index contributed by atoms with van der Waals surface area (Å²) in [5.74, 6) is -0.187. The number of ether oxygens (including phenoxy) is 2. The van der Waals surface area contributed by atoms with Crippen LogP contribution in [0.15, 0.2) is 24.3 Å². The average molecular weight is 782 g/mol. The van der Waals surface area contributed by atoms with Crippen molar-refractivity contribution >= 4 is 5.91 Å². The first-order chi connectivity index (χ1) is 26.8. The minimum absolute atomic E-state index is 0.187. The van der Waals surface area contributed by atoms with Gasteiger partial charge in [-0.1, -0.05) is 186 Å². The Morgan fingerprint density at radius 1 is 0.600 bits per heavy atom. The standard InChI is InChI=1S/C46H87NO8/c1-3-5-7-9-11-13-15-16-17-18-19-20-21-22-23-24-26-27-29-31-33-35-40(49)39(38-54-46-45(53)44(52)43(51)41(37-48)55-46)47-42(50)36-34-32-30-28-25-14-12-10-8-6-4-2/h10,12,33,35,39-41,43-46,48-49,51-53H,3-9,11,13-32,34,36-38H2,1-2H3,(H,47,50)/b12-10-,35-33+. The van der Waals surface area contributed by atoms with Crippen LogP contribution in [0.1, 0.15) is 206 Å². The van der Waals surface area contributed by atoms with Gasteiger partial charge in [-0.25, -0.2) is 0 Å². The molecule has 7 atom stereocenters. The molecule has 0 aliphatic carbocycles. The molecular weight excluding hydrogens is 695 g/mol. The van der Waals surface area contributed by atoms with E-state index in [0.717, 1.165) is 64.2 Å². The molecule has 0 saturated carbocycles. The van der Waals surface area contributed by atoms with E-state index in [4.69, 9.17) is 9.47 Å². The Labute approximate surface area is 337 Å². The highest BCUT2D eigenvalue weighted by atomic mass is 16.7. The molecule has 0 bridgehead atoms. The molecule has 7 unspecified atom stereocenters. The first kappa shape index (κ1) is 51.7. The molecule has 1 fully saturated rings. The molecular formula is C46H87NO8. The fourth-order valence-corrected chi connectivity index (χ4v) is 7.25. The van der Waals surface area contributed by atoms with E-state index in [0.29, 0.717) is 6.42 Å². The zero-order valence-electron chi connectivity index (χ0n) is 35.4. The number of allylic oxidation sites excluding steroid dienone is 3. The quantitative estimate of drug-likeness (QED) is 0.0268. The van der Waals surface area contributed by atoms with Crippen LogP contribution < -0.4 is 5.32 Å². The number of unbranched alkanes of at least 4 members (excludes halogenated alkanes) is 26. The molecule has 0 aromatic rings. The van der Waals surface area contributed by atoms with Crippen LogP contribution in [0.2, 0.25) is 0 Å². The number of hydrogen-bond acceptors (Lipinski definition) is 8. The van der Waals surface area contributed by atoms with Gasteiger partial charge in [-0.05, 0) is 38.5 Å². The molecule has 55 heavy (non-hydrogen) atoms. The van der Waals surface area contributed by atoms with Crippen LogP contribution >= 0.6 is 0 Å². The van der Waals surface area contributed by atoms with Crippen molar-refractivity contribution in [1.82, 2.24) is 5.32 Å². The van der Waals surface area contributed by atoms with Gasteiger partial charge in [0.05, 0.1) is 25.4 Å². The second-order valence-electron chi connectivity index (χ2n) is 16.2. The normalized spacial score (nSPS) is 21.5. The summed E-state index contributed by atoms with van der Waals surface area (Å²) in [7, 11) is 0. The number of nitrogens with one attached hydrogen (secondary N) is 1. The molecule has 0 aromatic heterocycles. The van der Waals surface area contributed by atoms with Crippen LogP contribution in [0, 0.1) is 0 Å². The van der Waals surface area contributed by atoms with Gasteiger partial charge in [0.2, 0.25) is 5.91 Å². The summed E-state index contributed by atoms with van der Waals surface area (Å²) in [5.41, 5.74) is 0. The van der Waals surface area contributed by atoms with E-state index < -0.39 is 49.5 Å². The minimum atomic E-state index is -1.56. The molecule has 1 aliphatic heterocycles. The molecule has 1 heterocycles. The zero-order valence-corrected chi connectivity index (χ0v) is 35.4. The Morgan fingerprint density at radius 2 is 1.04 bits per heavy atom. The molecule has 6 N–H and O–H groups in total. The van der Waals surface area contributed by atoms with Gasteiger partial charge < -0.3 is 40.3 Å². The van der Waals surface area contributed by atoms with Crippen molar-refractivity contribution in [2.75, 3.05) is 13.2 Å². The molecule has 0 radical (unpaired) electrons. The lowest BCUT2D eigenvalue weighted by atomic mass is 9.99. The summed E-state index contributed by atoms with van der Waals surface area (Å²) < 4.78 is 11.2. The molecule has 9 heteroatoms. The number of rotatable bonds is 38. The number of carbonyl (C=O) groups is 1. The monoisotopic (exact) mass is 782 g/mol. The van der Waals surface area contributed by atoms with E-state index in [9.17, 15) is 30.3 Å². The lowest BCUT2D eigenvalue weighted by Crippen LogP contribution is -2.60. The fourth-order valence-electron chi connectivity index (χ4n) is 7.25. The molecule has 1 amide bonds. The summed E-state index contributed by atoms with van der Waals surface area (Å²) in [6.45, 7) is 3.73. The summed E-state index contributed by atoms with van der Waals surface area (Å²) in [6, 6.07) is -0.805. The Kier molecular flexibility index (Phi) is 34.7. The van der Waals surface area contributed by atoms with Crippen LogP contribution in [-0.4, -0.2) is 87.5 Å². The van der Waals surface area contributed by atoms with Crippen molar-refractivity contribution in [3.63, 3.8) is 0 Å². The number of aliphatic hydroxyl groups excluding tert-OH is 5. The number of aliphatic hydroxyl groups is 5. The predicted octanol–water partition coefficient (Wildman–Crippen LogP) is 9.50. The zero-order chi connectivity index (χ0) is 40.2. The lowest BCUT2D eigenvalue weighted by Gasteiger charge is -2.40. The van der Waals surface area contributed by atoms with E-state index in [1.807, 2.05) is 6.08 Å². The van der Waals surface area contributed by atoms with Crippen molar-refractivity contribution in [3.05, 3.63) is 24.3 Å². The second kappa shape index (κ2) is 37.0. The Morgan fingerprint density at radius 3 is 1.53 bits per heavy atom. The minimum Gasteiger partial charge on any atom is -0.394 e. The Balaban J connectivity index is 2.32. The lowest BCUT2D eigenvalue weighted by molar-refractivity contribution is -0.302. The highest BCUT2D eigenvalue weighted by Crippen LogP contribution is 2.23. The smallest absolute Gasteiger partial charge is 0.220 e. The summed E-state index contributed by atoms with van der Waals surface area (Å²) in [4.78, 5) is 12.9. The predicted molar refractivity (Wildman–Crippen MR) is 226 cm³/mol. The van der Waals surface area contributed by atoms with Gasteiger partial charge in [0.15, 0.2) is 6.29 Å². The maximum atomic E-state index is 12.9. The second-order valence-corrected chi connectivity index (χ2v) is 16.2. The number of hydrogen-bond donors (Lipinski definition) is 6. The van der Waals surface area contributed by atoms with Crippen LogP contribution in [-0.2, 0) is 14.3 Å². The van der Waals surface area contributed by atoms with Crippen molar-refractivity contribution in [2.24, 2.45) is 0 Å². The number of amides is 1. The van der Waals surface area contributed by atoms with Crippen LogP contribution in [0.5, 0.6) is 0 Å². The molecule has 324 valence electrons. The van der Waals surface area contributed by atoms with Gasteiger partial charge in [-0.2, -0.15) is 0 Å². The van der Waals surface area contributed by atoms with Crippen LogP contribution in [0.4, 0.5) is 0 Å². The third kappa shape index (κ3) is 27.9. The number of carbonyl (C=O) groups excluding carboxylic acids is 1. The van der Waals surface area contributed by atoms with Crippen molar-refractivity contribution in [3.8, 4) is 0 Å². The van der Waals surface area contributed by atoms with Gasteiger partial charge >= 0.3 is 0 Å². The van der Waals surface area contributed by atoms with E-state index in [-0.39, 0.29) is 12.5 Å². The highest BCUT2D eigenvalue weighted by molar-refractivity contribution is 5.76. The van der Waals surface area contributed by atoms with Gasteiger partial charge in [-0.3, -0.25) is 4.79 Å². The maximum absolute atomic E-state index is 12.9. The van der Waals surface area contributed by atoms with Crippen molar-refractivity contribution < 1.29 is 39.8 Å². The average Bonchev–Trinajstić information content (AvgIpc) is 3.18. The maximum Gasteiger partial charge on any atom is 0.220 e. The van der Waals surface area contributed by atoms with Crippen molar-refractivity contribution in [2.45, 2.75) is 249 Å². The van der Waals surface area contributed by atoms with Crippen molar-refractivity contribution in [1.29, 1.82) is 0 Å². The third-order valence-electron chi connectivity index (χ3n) is 11.0. The molecule has 0 spiro atoms. The van der Waals surface area contributed by atoms with Gasteiger partial charge in [0, 0.05) is 6.42 Å². The van der Waals surface area contributed by atoms with E-state index >= 15 is 0 Å². The Hall–Kier alpha value is -1.33. The van der Waals surface area contributed by atoms with E-state index in [2.05, 4.69) is 31.3 Å². The van der Waals surface area contributed by atoms with Gasteiger partial charge in [0.25, 0.3) is 0 Å². The van der Waals surface area contributed by atoms with E-state index in [1.165, 1.54) is 122 Å². The molecule has 1 aliphatic rings. The van der Waals surface area contributed by atoms with Crippen LogP contribution in [0.25, 0.3) is 0 Å². The molecule has 1 saturated heterocycles. The first-order valence-electron chi connectivity index (χ1n) is 23.1. The van der Waals surface area contributed by atoms with Gasteiger partial charge in [0.1, 0.15) is 24.4 Å². The molecule has 0 aromatic carbocycles. The third-order valence-corrected chi connectivity index (χ3v) is 11.0. The highest BCUT2D eigenvalue weighted by Gasteiger charge is 2.44. The Bertz CT molecular complexity index is 914. The van der Waals surface area contributed by atoms with Gasteiger partial charge in [-0.15, -0.1) is 0 Å².